The fourth-order valence-electron chi connectivity index (χ4n) is 3.33. The Balaban J connectivity index is 1.87. The molecule has 0 aromatic heterocycles. The third-order valence-electron chi connectivity index (χ3n) is 4.90. The van der Waals surface area contributed by atoms with Crippen molar-refractivity contribution in [2.24, 2.45) is 10.9 Å². The lowest BCUT2D eigenvalue weighted by molar-refractivity contribution is 0.292. The minimum Gasteiger partial charge on any atom is -0.475 e. The van der Waals surface area contributed by atoms with E-state index in [4.69, 9.17) is 21.3 Å². The molecule has 1 atom stereocenters. The van der Waals surface area contributed by atoms with Gasteiger partial charge in [0.2, 0.25) is 5.90 Å². The van der Waals surface area contributed by atoms with Crippen LogP contribution in [0.5, 0.6) is 0 Å². The first-order chi connectivity index (χ1) is 13.6. The molecule has 0 saturated heterocycles. The topological polar surface area (TPSA) is 21.6 Å². The first kappa shape index (κ1) is 19.2. The van der Waals surface area contributed by atoms with Crippen molar-refractivity contribution in [2.75, 3.05) is 6.61 Å². The van der Waals surface area contributed by atoms with Gasteiger partial charge >= 0.3 is 0 Å². The summed E-state index contributed by atoms with van der Waals surface area (Å²) in [4.78, 5) is 4.88. The van der Waals surface area contributed by atoms with Crippen LogP contribution < -0.4 is 15.9 Å². The Morgan fingerprint density at radius 2 is 1.54 bits per heavy atom. The predicted molar refractivity (Wildman–Crippen MR) is 121 cm³/mol. The van der Waals surface area contributed by atoms with Gasteiger partial charge < -0.3 is 4.74 Å². The van der Waals surface area contributed by atoms with Gasteiger partial charge in [0, 0.05) is 10.6 Å². The molecule has 2 nitrogen and oxygen atoms in total. The van der Waals surface area contributed by atoms with Crippen molar-refractivity contribution in [3.8, 4) is 0 Å². The molecule has 0 radical (unpaired) electrons. The highest BCUT2D eigenvalue weighted by molar-refractivity contribution is 7.80. The molecule has 28 heavy (non-hydrogen) atoms. The third kappa shape index (κ3) is 3.99. The van der Waals surface area contributed by atoms with E-state index in [1.165, 1.54) is 15.9 Å². The smallest absolute Gasteiger partial charge is 0.217 e. The molecule has 4 heteroatoms. The van der Waals surface area contributed by atoms with Gasteiger partial charge in [-0.2, -0.15) is 0 Å². The van der Waals surface area contributed by atoms with Crippen molar-refractivity contribution in [1.29, 1.82) is 0 Å². The van der Waals surface area contributed by atoms with Crippen molar-refractivity contribution in [3.63, 3.8) is 0 Å². The van der Waals surface area contributed by atoms with Crippen LogP contribution in [0.1, 0.15) is 19.4 Å². The lowest BCUT2D eigenvalue weighted by Crippen LogP contribution is -2.25. The fraction of sp³-hybridized carbons (Fsp3) is 0.208. The Hall–Kier alpha value is -2.15. The average Bonchev–Trinajstić information content (AvgIpc) is 3.21. The van der Waals surface area contributed by atoms with Crippen LogP contribution in [0.2, 0.25) is 5.02 Å². The monoisotopic (exact) mass is 407 g/mol. The Bertz CT molecular complexity index is 933. The standard InChI is InChI=1S/C24H23ClNOP/c1-17(2)22-16-27-24(26-22)21-15-18(25)13-14-23(21)28(19-9-5-3-6-10-19)20-11-7-4-8-12-20/h3-15,17,22H,16H2,1-2H3/t22-/m1/s1. The summed E-state index contributed by atoms with van der Waals surface area (Å²) < 4.78 is 6.03. The van der Waals surface area contributed by atoms with Crippen LogP contribution in [0.4, 0.5) is 0 Å². The summed E-state index contributed by atoms with van der Waals surface area (Å²) in [6.07, 6.45) is 0. The molecule has 0 fully saturated rings. The van der Waals surface area contributed by atoms with Crippen LogP contribution in [0.3, 0.4) is 0 Å². The minimum atomic E-state index is -0.744. The zero-order valence-electron chi connectivity index (χ0n) is 16.0. The molecule has 1 aliphatic heterocycles. The largest absolute Gasteiger partial charge is 0.475 e. The number of benzene rings is 3. The van der Waals surface area contributed by atoms with E-state index in [1.807, 2.05) is 12.1 Å². The minimum absolute atomic E-state index is 0.196. The number of ether oxygens (including phenoxy) is 1. The molecule has 0 saturated carbocycles. The van der Waals surface area contributed by atoms with Gasteiger partial charge in [0.15, 0.2) is 0 Å². The van der Waals surface area contributed by atoms with Gasteiger partial charge in [-0.3, -0.25) is 0 Å². The molecule has 3 aromatic carbocycles. The van der Waals surface area contributed by atoms with Gasteiger partial charge in [0.05, 0.1) is 6.04 Å². The second-order valence-electron chi connectivity index (χ2n) is 7.22. The molecule has 0 spiro atoms. The Morgan fingerprint density at radius 3 is 2.07 bits per heavy atom. The molecule has 0 amide bonds. The molecule has 4 rings (SSSR count). The van der Waals surface area contributed by atoms with Crippen LogP contribution in [0.15, 0.2) is 83.9 Å². The van der Waals surface area contributed by atoms with Crippen LogP contribution in [-0.4, -0.2) is 18.5 Å². The van der Waals surface area contributed by atoms with Gasteiger partial charge in [0.1, 0.15) is 6.61 Å². The van der Waals surface area contributed by atoms with E-state index < -0.39 is 7.92 Å². The third-order valence-corrected chi connectivity index (χ3v) is 7.64. The lowest BCUT2D eigenvalue weighted by Gasteiger charge is -2.22. The number of halogens is 1. The first-order valence-corrected chi connectivity index (χ1v) is 11.3. The van der Waals surface area contributed by atoms with Crippen molar-refractivity contribution >= 4 is 41.3 Å². The lowest BCUT2D eigenvalue weighted by atomic mass is 10.1. The summed E-state index contributed by atoms with van der Waals surface area (Å²) in [5.74, 6) is 1.17. The average molecular weight is 408 g/mol. The number of hydrogen-bond donors (Lipinski definition) is 0. The van der Waals surface area contributed by atoms with Gasteiger partial charge in [-0.1, -0.05) is 92.2 Å². The van der Waals surface area contributed by atoms with E-state index in [2.05, 4.69) is 80.6 Å². The van der Waals surface area contributed by atoms with Crippen molar-refractivity contribution in [1.82, 2.24) is 0 Å². The van der Waals surface area contributed by atoms with Crippen molar-refractivity contribution in [2.45, 2.75) is 19.9 Å². The van der Waals surface area contributed by atoms with Gasteiger partial charge in [-0.05, 0) is 41.9 Å². The summed E-state index contributed by atoms with van der Waals surface area (Å²) in [5, 5.41) is 4.52. The Labute approximate surface area is 173 Å². The van der Waals surface area contributed by atoms with Crippen molar-refractivity contribution in [3.05, 3.63) is 89.4 Å². The van der Waals surface area contributed by atoms with Gasteiger partial charge in [0.25, 0.3) is 0 Å². The van der Waals surface area contributed by atoms with Crippen LogP contribution in [0.25, 0.3) is 0 Å². The second-order valence-corrected chi connectivity index (χ2v) is 9.85. The normalized spacial score (nSPS) is 16.3. The number of aliphatic imine (C=N–C) groups is 1. The quantitative estimate of drug-likeness (QED) is 0.551. The zero-order chi connectivity index (χ0) is 19.5. The molecular formula is C24H23ClNOP. The number of rotatable bonds is 5. The Kier molecular flexibility index (Phi) is 5.80. The highest BCUT2D eigenvalue weighted by Crippen LogP contribution is 2.35. The molecule has 0 unspecified atom stereocenters. The van der Waals surface area contributed by atoms with E-state index in [9.17, 15) is 0 Å². The van der Waals surface area contributed by atoms with E-state index in [-0.39, 0.29) is 6.04 Å². The van der Waals surface area contributed by atoms with Crippen LogP contribution in [-0.2, 0) is 4.74 Å². The Morgan fingerprint density at radius 1 is 0.929 bits per heavy atom. The summed E-state index contributed by atoms with van der Waals surface area (Å²) in [6, 6.07) is 27.6. The second kappa shape index (κ2) is 8.47. The molecule has 3 aromatic rings. The van der Waals surface area contributed by atoms with Crippen molar-refractivity contribution < 1.29 is 4.74 Å². The van der Waals surface area contributed by atoms with E-state index in [0.29, 0.717) is 17.5 Å². The van der Waals surface area contributed by atoms with Gasteiger partial charge in [-0.15, -0.1) is 0 Å². The van der Waals surface area contributed by atoms with Crippen LogP contribution >= 0.6 is 19.5 Å². The maximum atomic E-state index is 6.39. The number of hydrogen-bond acceptors (Lipinski definition) is 2. The molecule has 1 aliphatic rings. The first-order valence-electron chi connectivity index (χ1n) is 9.54. The SMILES string of the molecule is CC(C)[C@H]1COC(c2cc(Cl)ccc2P(c2ccccc2)c2ccccc2)=N1. The molecule has 0 bridgehead atoms. The predicted octanol–water partition coefficient (Wildman–Crippen LogP) is 4.90. The highest BCUT2D eigenvalue weighted by atomic mass is 35.5. The summed E-state index contributed by atoms with van der Waals surface area (Å²) in [6.45, 7) is 4.99. The van der Waals surface area contributed by atoms with E-state index in [0.717, 1.165) is 11.5 Å². The maximum absolute atomic E-state index is 6.39. The summed E-state index contributed by atoms with van der Waals surface area (Å²) >= 11 is 6.39. The molecule has 142 valence electrons. The number of nitrogens with zero attached hydrogens (tertiary/aromatic N) is 1. The molecule has 1 heterocycles. The summed E-state index contributed by atoms with van der Waals surface area (Å²) in [5.41, 5.74) is 1.01. The molecule has 0 N–H and O–H groups in total. The van der Waals surface area contributed by atoms with Crippen LogP contribution in [0, 0.1) is 5.92 Å². The highest BCUT2D eigenvalue weighted by Gasteiger charge is 2.27. The van der Waals surface area contributed by atoms with Gasteiger partial charge in [-0.25, -0.2) is 4.99 Å². The molecular weight excluding hydrogens is 385 g/mol. The maximum Gasteiger partial charge on any atom is 0.217 e. The molecule has 0 aliphatic carbocycles. The summed E-state index contributed by atoms with van der Waals surface area (Å²) in [7, 11) is -0.744. The van der Waals surface area contributed by atoms with E-state index >= 15 is 0 Å². The fourth-order valence-corrected chi connectivity index (χ4v) is 5.93. The van der Waals surface area contributed by atoms with E-state index in [1.54, 1.807) is 0 Å². The zero-order valence-corrected chi connectivity index (χ0v) is 17.7.